The van der Waals surface area contributed by atoms with Gasteiger partial charge >= 0.3 is 0 Å². The van der Waals surface area contributed by atoms with Crippen molar-refractivity contribution in [2.45, 2.75) is 37.3 Å². The molecule has 0 aromatic heterocycles. The van der Waals surface area contributed by atoms with Crippen molar-refractivity contribution in [2.75, 3.05) is 26.3 Å². The van der Waals surface area contributed by atoms with Crippen LogP contribution in [0.4, 0.5) is 0 Å². The van der Waals surface area contributed by atoms with Crippen molar-refractivity contribution in [1.29, 1.82) is 0 Å². The van der Waals surface area contributed by atoms with Gasteiger partial charge in [-0.3, -0.25) is 9.69 Å². The van der Waals surface area contributed by atoms with Crippen LogP contribution in [0.25, 0.3) is 0 Å². The summed E-state index contributed by atoms with van der Waals surface area (Å²) in [6, 6.07) is 1.38. The third-order valence-electron chi connectivity index (χ3n) is 5.29. The van der Waals surface area contributed by atoms with E-state index in [1.807, 2.05) is 0 Å². The lowest BCUT2D eigenvalue weighted by Crippen LogP contribution is -2.62. The third kappa shape index (κ3) is 2.25. The van der Waals surface area contributed by atoms with Crippen LogP contribution in [0.1, 0.15) is 37.2 Å². The van der Waals surface area contributed by atoms with Crippen LogP contribution >= 0.6 is 23.2 Å². The number of phenols is 1. The summed E-state index contributed by atoms with van der Waals surface area (Å²) < 4.78 is 11.7. The standard InChI is InChI=1S/C17H19Cl2NO4/c18-11-9-12(21)15(19)14-10-3-1-2-4-13(22)17(10,24-16(11)14)20-5-7-23-8-6-20/h9-10,21H,1-8H2. The van der Waals surface area contributed by atoms with Gasteiger partial charge in [-0.05, 0) is 12.8 Å². The maximum atomic E-state index is 13.1. The smallest absolute Gasteiger partial charge is 0.229 e. The Kier molecular flexibility index (Phi) is 4.15. The molecule has 1 saturated heterocycles. The van der Waals surface area contributed by atoms with Crippen molar-refractivity contribution in [3.8, 4) is 11.5 Å². The number of morpholine rings is 1. The Morgan fingerprint density at radius 3 is 2.75 bits per heavy atom. The molecule has 2 aliphatic heterocycles. The van der Waals surface area contributed by atoms with E-state index in [1.54, 1.807) is 0 Å². The molecule has 2 unspecified atom stereocenters. The van der Waals surface area contributed by atoms with E-state index in [9.17, 15) is 9.90 Å². The van der Waals surface area contributed by atoms with E-state index in [4.69, 9.17) is 32.7 Å². The summed E-state index contributed by atoms with van der Waals surface area (Å²) in [6.45, 7) is 2.37. The molecule has 3 aliphatic rings. The number of aromatic hydroxyl groups is 1. The SMILES string of the molecule is O=C1CCCCC2c3c(Cl)c(O)cc(Cl)c3OC12N1CCOCC1. The molecular formula is C17H19Cl2NO4. The second-order valence-electron chi connectivity index (χ2n) is 6.55. The minimum Gasteiger partial charge on any atom is -0.506 e. The van der Waals surface area contributed by atoms with Gasteiger partial charge in [-0.1, -0.05) is 29.6 Å². The van der Waals surface area contributed by atoms with Crippen LogP contribution in [0.2, 0.25) is 10.0 Å². The minimum absolute atomic E-state index is 0.0646. The number of Topliss-reactive ketones (excluding diaryl/α,β-unsaturated/α-hetero) is 1. The molecule has 2 heterocycles. The summed E-state index contributed by atoms with van der Waals surface area (Å²) in [4.78, 5) is 15.2. The average Bonchev–Trinajstić information content (AvgIpc) is 2.86. The highest BCUT2D eigenvalue weighted by atomic mass is 35.5. The van der Waals surface area contributed by atoms with E-state index >= 15 is 0 Å². The van der Waals surface area contributed by atoms with Crippen LogP contribution in [0, 0.1) is 0 Å². The predicted molar refractivity (Wildman–Crippen MR) is 90.1 cm³/mol. The molecule has 0 bridgehead atoms. The highest BCUT2D eigenvalue weighted by Crippen LogP contribution is 2.57. The van der Waals surface area contributed by atoms with Gasteiger partial charge in [-0.15, -0.1) is 0 Å². The summed E-state index contributed by atoms with van der Waals surface area (Å²) in [5.41, 5.74) is -0.410. The number of fused-ring (bicyclic) bond motifs is 3. The molecule has 0 spiro atoms. The zero-order chi connectivity index (χ0) is 16.9. The van der Waals surface area contributed by atoms with Gasteiger partial charge < -0.3 is 14.6 Å². The number of ketones is 1. The first kappa shape index (κ1) is 16.5. The molecule has 0 amide bonds. The Morgan fingerprint density at radius 2 is 2.00 bits per heavy atom. The Bertz CT molecular complexity index is 690. The zero-order valence-electron chi connectivity index (χ0n) is 13.2. The van der Waals surface area contributed by atoms with Gasteiger partial charge in [0.2, 0.25) is 5.72 Å². The first-order chi connectivity index (χ1) is 11.6. The molecule has 1 aromatic carbocycles. The topological polar surface area (TPSA) is 59.0 Å². The number of benzene rings is 1. The third-order valence-corrected chi connectivity index (χ3v) is 5.97. The van der Waals surface area contributed by atoms with Gasteiger partial charge in [0.05, 0.1) is 29.2 Å². The van der Waals surface area contributed by atoms with Crippen LogP contribution in [0.3, 0.4) is 0 Å². The minimum atomic E-state index is -1.08. The molecule has 2 fully saturated rings. The number of ether oxygens (including phenoxy) is 2. The first-order valence-electron chi connectivity index (χ1n) is 8.31. The van der Waals surface area contributed by atoms with Crippen molar-refractivity contribution < 1.29 is 19.4 Å². The van der Waals surface area contributed by atoms with E-state index in [0.717, 1.165) is 19.3 Å². The molecule has 4 rings (SSSR count). The second-order valence-corrected chi connectivity index (χ2v) is 7.34. The monoisotopic (exact) mass is 371 g/mol. The molecule has 24 heavy (non-hydrogen) atoms. The summed E-state index contributed by atoms with van der Waals surface area (Å²) in [6.07, 6.45) is 3.00. The van der Waals surface area contributed by atoms with E-state index in [0.29, 0.717) is 49.1 Å². The highest BCUT2D eigenvalue weighted by Gasteiger charge is 2.59. The zero-order valence-corrected chi connectivity index (χ0v) is 14.7. The second kappa shape index (κ2) is 6.06. The molecule has 1 N–H and O–H groups in total. The van der Waals surface area contributed by atoms with Crippen molar-refractivity contribution in [3.63, 3.8) is 0 Å². The van der Waals surface area contributed by atoms with E-state index < -0.39 is 5.72 Å². The van der Waals surface area contributed by atoms with Crippen LogP contribution in [-0.2, 0) is 9.53 Å². The molecule has 1 aliphatic carbocycles. The van der Waals surface area contributed by atoms with Gasteiger partial charge in [0, 0.05) is 31.1 Å². The maximum Gasteiger partial charge on any atom is 0.229 e. The Hall–Kier alpha value is -1.01. The normalized spacial score (nSPS) is 30.4. The van der Waals surface area contributed by atoms with Crippen LogP contribution in [-0.4, -0.2) is 47.8 Å². The number of carbonyl (C=O) groups excluding carboxylic acids is 1. The van der Waals surface area contributed by atoms with Crippen LogP contribution in [0.15, 0.2) is 6.07 Å². The fourth-order valence-electron chi connectivity index (χ4n) is 4.21. The number of halogens is 2. The summed E-state index contributed by atoms with van der Waals surface area (Å²) in [5, 5.41) is 10.6. The Labute approximate surface area is 150 Å². The average molecular weight is 372 g/mol. The number of carbonyl (C=O) groups is 1. The number of nitrogens with zero attached hydrogens (tertiary/aromatic N) is 1. The number of hydrogen-bond acceptors (Lipinski definition) is 5. The van der Waals surface area contributed by atoms with E-state index in [1.165, 1.54) is 6.07 Å². The fourth-order valence-corrected chi connectivity index (χ4v) is 4.73. The molecule has 1 saturated carbocycles. The van der Waals surface area contributed by atoms with Crippen molar-refractivity contribution in [1.82, 2.24) is 4.90 Å². The quantitative estimate of drug-likeness (QED) is 0.820. The lowest BCUT2D eigenvalue weighted by atomic mass is 9.84. The lowest BCUT2D eigenvalue weighted by Gasteiger charge is -2.43. The summed E-state index contributed by atoms with van der Waals surface area (Å²) in [5.74, 6) is 0.206. The fraction of sp³-hybridized carbons (Fsp3) is 0.588. The van der Waals surface area contributed by atoms with Crippen LogP contribution in [0.5, 0.6) is 11.5 Å². The maximum absolute atomic E-state index is 13.1. The van der Waals surface area contributed by atoms with E-state index in [-0.39, 0.29) is 22.5 Å². The molecule has 7 heteroatoms. The molecule has 5 nitrogen and oxygen atoms in total. The largest absolute Gasteiger partial charge is 0.506 e. The van der Waals surface area contributed by atoms with Gasteiger partial charge in [0.25, 0.3) is 0 Å². The first-order valence-corrected chi connectivity index (χ1v) is 9.07. The highest BCUT2D eigenvalue weighted by molar-refractivity contribution is 6.36. The Balaban J connectivity index is 1.89. The van der Waals surface area contributed by atoms with Gasteiger partial charge in [-0.2, -0.15) is 0 Å². The van der Waals surface area contributed by atoms with Crippen molar-refractivity contribution in [3.05, 3.63) is 21.7 Å². The summed E-state index contributed by atoms with van der Waals surface area (Å²) in [7, 11) is 0. The van der Waals surface area contributed by atoms with Crippen molar-refractivity contribution >= 4 is 29.0 Å². The predicted octanol–water partition coefficient (Wildman–Crippen LogP) is 3.35. The molecule has 2 atom stereocenters. The molecule has 1 aromatic rings. The molecular weight excluding hydrogens is 353 g/mol. The number of rotatable bonds is 1. The number of phenolic OH excluding ortho intramolecular Hbond substituents is 1. The van der Waals surface area contributed by atoms with E-state index in [2.05, 4.69) is 4.90 Å². The molecule has 0 radical (unpaired) electrons. The van der Waals surface area contributed by atoms with Gasteiger partial charge in [0.1, 0.15) is 11.5 Å². The Morgan fingerprint density at radius 1 is 1.25 bits per heavy atom. The molecule has 130 valence electrons. The number of hydrogen-bond donors (Lipinski definition) is 1. The lowest BCUT2D eigenvalue weighted by molar-refractivity contribution is -0.163. The summed E-state index contributed by atoms with van der Waals surface area (Å²) >= 11 is 12.7. The van der Waals surface area contributed by atoms with Crippen molar-refractivity contribution in [2.24, 2.45) is 0 Å². The van der Waals surface area contributed by atoms with Crippen LogP contribution < -0.4 is 4.74 Å². The van der Waals surface area contributed by atoms with Gasteiger partial charge in [0.15, 0.2) is 5.78 Å². The van der Waals surface area contributed by atoms with Gasteiger partial charge in [-0.25, -0.2) is 0 Å².